The number of nitrogens with two attached hydrogens (primary N) is 1. The highest BCUT2D eigenvalue weighted by Crippen LogP contribution is 2.32. The van der Waals surface area contributed by atoms with Gasteiger partial charge in [0.15, 0.2) is 5.13 Å². The fourth-order valence-corrected chi connectivity index (χ4v) is 2.98. The standard InChI is InChI=1S/C18H25N5O3S/c1-4-12(5-2)22-18(25)23-13-6-7-14(11(8-13)9-15(24)20-3)26-16-10-21-17(19)27-16/h6-8,10,12H,4-5,9H2,1-3H3,(H2,19,21)(H,20,24)(H2,22,23,25). The average Bonchev–Trinajstić information content (AvgIpc) is 3.06. The van der Waals surface area contributed by atoms with E-state index in [4.69, 9.17) is 10.5 Å². The monoisotopic (exact) mass is 391 g/mol. The van der Waals surface area contributed by atoms with Crippen molar-refractivity contribution in [1.29, 1.82) is 0 Å². The number of anilines is 2. The van der Waals surface area contributed by atoms with E-state index in [1.54, 1.807) is 25.2 Å². The molecule has 0 radical (unpaired) electrons. The van der Waals surface area contributed by atoms with Crippen molar-refractivity contribution in [2.45, 2.75) is 39.2 Å². The maximum Gasteiger partial charge on any atom is 0.319 e. The molecule has 0 fully saturated rings. The highest BCUT2D eigenvalue weighted by atomic mass is 32.1. The van der Waals surface area contributed by atoms with Gasteiger partial charge in [-0.1, -0.05) is 25.2 Å². The van der Waals surface area contributed by atoms with Crippen molar-refractivity contribution in [3.8, 4) is 10.8 Å². The lowest BCUT2D eigenvalue weighted by Gasteiger charge is -2.16. The number of nitrogen functional groups attached to an aromatic ring is 1. The number of rotatable bonds is 8. The summed E-state index contributed by atoms with van der Waals surface area (Å²) < 4.78 is 5.80. The van der Waals surface area contributed by atoms with Crippen LogP contribution in [-0.4, -0.2) is 30.0 Å². The molecule has 27 heavy (non-hydrogen) atoms. The first-order chi connectivity index (χ1) is 12.9. The van der Waals surface area contributed by atoms with Crippen LogP contribution in [0.2, 0.25) is 0 Å². The minimum absolute atomic E-state index is 0.115. The van der Waals surface area contributed by atoms with E-state index in [-0.39, 0.29) is 24.4 Å². The van der Waals surface area contributed by atoms with Gasteiger partial charge in [-0.25, -0.2) is 9.78 Å². The Morgan fingerprint density at radius 3 is 2.63 bits per heavy atom. The van der Waals surface area contributed by atoms with Gasteiger partial charge >= 0.3 is 6.03 Å². The van der Waals surface area contributed by atoms with E-state index < -0.39 is 0 Å². The van der Waals surface area contributed by atoms with Crippen LogP contribution in [0.4, 0.5) is 15.6 Å². The minimum Gasteiger partial charge on any atom is -0.445 e. The Hall–Kier alpha value is -2.81. The minimum atomic E-state index is -0.279. The van der Waals surface area contributed by atoms with Crippen LogP contribution in [-0.2, 0) is 11.2 Å². The molecule has 8 nitrogen and oxygen atoms in total. The molecule has 0 unspecified atom stereocenters. The maximum atomic E-state index is 12.2. The molecular weight excluding hydrogens is 366 g/mol. The van der Waals surface area contributed by atoms with Gasteiger partial charge in [-0.2, -0.15) is 0 Å². The molecule has 0 saturated carbocycles. The van der Waals surface area contributed by atoms with Gasteiger partial charge in [0.05, 0.1) is 12.6 Å². The Kier molecular flexibility index (Phi) is 7.42. The molecule has 0 saturated heterocycles. The third-order valence-corrected chi connectivity index (χ3v) is 4.69. The Morgan fingerprint density at radius 2 is 2.04 bits per heavy atom. The molecule has 5 N–H and O–H groups in total. The summed E-state index contributed by atoms with van der Waals surface area (Å²) in [6, 6.07) is 5.00. The van der Waals surface area contributed by atoms with E-state index in [1.807, 2.05) is 13.8 Å². The van der Waals surface area contributed by atoms with Gasteiger partial charge in [0.1, 0.15) is 5.75 Å². The molecule has 0 spiro atoms. The summed E-state index contributed by atoms with van der Waals surface area (Å²) in [6.45, 7) is 4.04. The van der Waals surface area contributed by atoms with Crippen LogP contribution in [0.25, 0.3) is 0 Å². The molecule has 0 bridgehead atoms. The van der Waals surface area contributed by atoms with Crippen molar-refractivity contribution in [2.75, 3.05) is 18.1 Å². The first kappa shape index (κ1) is 20.5. The topological polar surface area (TPSA) is 118 Å². The first-order valence-corrected chi connectivity index (χ1v) is 9.56. The molecule has 2 aromatic rings. The van der Waals surface area contributed by atoms with Gasteiger partial charge in [-0.15, -0.1) is 0 Å². The number of nitrogens with one attached hydrogen (secondary N) is 3. The largest absolute Gasteiger partial charge is 0.445 e. The SMILES string of the molecule is CCC(CC)NC(=O)Nc1ccc(Oc2cnc(N)s2)c(CC(=O)NC)c1. The first-order valence-electron chi connectivity index (χ1n) is 8.75. The lowest BCUT2D eigenvalue weighted by molar-refractivity contribution is -0.119. The van der Waals surface area contributed by atoms with Gasteiger partial charge < -0.3 is 26.4 Å². The smallest absolute Gasteiger partial charge is 0.319 e. The van der Waals surface area contributed by atoms with Crippen molar-refractivity contribution >= 4 is 34.1 Å². The van der Waals surface area contributed by atoms with Gasteiger partial charge in [0.25, 0.3) is 0 Å². The summed E-state index contributed by atoms with van der Waals surface area (Å²) in [6.07, 6.45) is 3.36. The van der Waals surface area contributed by atoms with Crippen LogP contribution in [0, 0.1) is 0 Å². The Bertz CT molecular complexity index is 789. The van der Waals surface area contributed by atoms with Crippen molar-refractivity contribution in [3.05, 3.63) is 30.0 Å². The van der Waals surface area contributed by atoms with Gasteiger partial charge in [-0.05, 0) is 31.0 Å². The molecule has 9 heteroatoms. The molecule has 0 aliphatic heterocycles. The second-order valence-corrected chi connectivity index (χ2v) is 6.93. The van der Waals surface area contributed by atoms with E-state index in [0.717, 1.165) is 12.8 Å². The summed E-state index contributed by atoms with van der Waals surface area (Å²) in [4.78, 5) is 28.0. The van der Waals surface area contributed by atoms with Crippen LogP contribution in [0.1, 0.15) is 32.3 Å². The fraction of sp³-hybridized carbons (Fsp3) is 0.389. The number of amides is 3. The zero-order valence-electron chi connectivity index (χ0n) is 15.7. The normalized spacial score (nSPS) is 10.5. The Labute approximate surface area is 162 Å². The molecular formula is C18H25N5O3S. The zero-order chi connectivity index (χ0) is 19.8. The van der Waals surface area contributed by atoms with Crippen molar-refractivity contribution in [1.82, 2.24) is 15.6 Å². The molecule has 2 rings (SSSR count). The molecule has 146 valence electrons. The Balaban J connectivity index is 2.18. The zero-order valence-corrected chi connectivity index (χ0v) is 16.5. The number of aromatic nitrogens is 1. The predicted molar refractivity (Wildman–Crippen MR) is 107 cm³/mol. The van der Waals surface area contributed by atoms with Gasteiger partial charge in [0, 0.05) is 24.3 Å². The summed E-state index contributed by atoms with van der Waals surface area (Å²) in [5.74, 6) is 0.343. The molecule has 0 aliphatic carbocycles. The number of carbonyl (C=O) groups excluding carboxylic acids is 2. The van der Waals surface area contributed by atoms with Gasteiger partial charge in [-0.3, -0.25) is 4.79 Å². The molecule has 3 amide bonds. The van der Waals surface area contributed by atoms with E-state index >= 15 is 0 Å². The average molecular weight is 391 g/mol. The highest BCUT2D eigenvalue weighted by Gasteiger charge is 2.14. The number of likely N-dealkylation sites (N-methyl/N-ethyl adjacent to an activating group) is 1. The summed E-state index contributed by atoms with van der Waals surface area (Å²) >= 11 is 1.21. The number of hydrogen-bond acceptors (Lipinski definition) is 6. The number of ether oxygens (including phenoxy) is 1. The summed E-state index contributed by atoms with van der Waals surface area (Å²) in [5.41, 5.74) is 6.84. The number of nitrogens with zero attached hydrogens (tertiary/aromatic N) is 1. The second kappa shape index (κ2) is 9.77. The van der Waals surface area contributed by atoms with Crippen LogP contribution >= 0.6 is 11.3 Å². The highest BCUT2D eigenvalue weighted by molar-refractivity contribution is 7.17. The number of carbonyl (C=O) groups is 2. The lowest BCUT2D eigenvalue weighted by atomic mass is 10.1. The lowest BCUT2D eigenvalue weighted by Crippen LogP contribution is -2.37. The van der Waals surface area contributed by atoms with Crippen LogP contribution in [0.15, 0.2) is 24.4 Å². The fourth-order valence-electron chi connectivity index (χ4n) is 2.43. The van der Waals surface area contributed by atoms with E-state index in [2.05, 4.69) is 20.9 Å². The molecule has 1 aromatic carbocycles. The quantitative estimate of drug-likeness (QED) is 0.551. The number of thiazole rings is 1. The molecule has 0 aliphatic rings. The third kappa shape index (κ3) is 6.14. The predicted octanol–water partition coefficient (Wildman–Crippen LogP) is 3.12. The van der Waals surface area contributed by atoms with E-state index in [0.29, 0.717) is 27.2 Å². The van der Waals surface area contributed by atoms with E-state index in [9.17, 15) is 9.59 Å². The van der Waals surface area contributed by atoms with Crippen molar-refractivity contribution in [3.63, 3.8) is 0 Å². The summed E-state index contributed by atoms with van der Waals surface area (Å²) in [7, 11) is 1.57. The van der Waals surface area contributed by atoms with Crippen LogP contribution in [0.3, 0.4) is 0 Å². The van der Waals surface area contributed by atoms with Crippen molar-refractivity contribution in [2.24, 2.45) is 0 Å². The van der Waals surface area contributed by atoms with Gasteiger partial charge in [0.2, 0.25) is 11.0 Å². The molecule has 0 atom stereocenters. The van der Waals surface area contributed by atoms with Crippen LogP contribution in [0.5, 0.6) is 10.8 Å². The number of benzene rings is 1. The molecule has 1 aromatic heterocycles. The second-order valence-electron chi connectivity index (χ2n) is 5.90. The number of urea groups is 1. The van der Waals surface area contributed by atoms with Crippen molar-refractivity contribution < 1.29 is 14.3 Å². The summed E-state index contributed by atoms with van der Waals surface area (Å²) in [5, 5.41) is 9.22. The van der Waals surface area contributed by atoms with Crippen LogP contribution < -0.4 is 26.4 Å². The number of hydrogen-bond donors (Lipinski definition) is 4. The molecule has 1 heterocycles. The Morgan fingerprint density at radius 1 is 1.30 bits per heavy atom. The third-order valence-electron chi connectivity index (χ3n) is 3.98. The van der Waals surface area contributed by atoms with E-state index in [1.165, 1.54) is 17.5 Å². The maximum absolute atomic E-state index is 12.2.